The molecule has 3 nitrogen and oxygen atoms in total. The van der Waals surface area contributed by atoms with Crippen LogP contribution in [-0.4, -0.2) is 23.4 Å². The van der Waals surface area contributed by atoms with Crippen LogP contribution in [0.25, 0.3) is 11.1 Å². The first kappa shape index (κ1) is 14.0. The number of anilines is 1. The minimum Gasteiger partial charge on any atom is -0.374 e. The van der Waals surface area contributed by atoms with Gasteiger partial charge in [0.2, 0.25) is 0 Å². The molecule has 2 aromatic rings. The zero-order chi connectivity index (χ0) is 15.1. The van der Waals surface area contributed by atoms with Crippen molar-refractivity contribution >= 4 is 5.69 Å². The van der Waals surface area contributed by atoms with Gasteiger partial charge in [-0.1, -0.05) is 0 Å². The second kappa shape index (κ2) is 5.13. The van der Waals surface area contributed by atoms with Gasteiger partial charge in [0.05, 0.1) is 6.20 Å². The van der Waals surface area contributed by atoms with E-state index in [0.717, 1.165) is 41.9 Å². The van der Waals surface area contributed by atoms with Crippen molar-refractivity contribution in [3.63, 3.8) is 0 Å². The topological polar surface area (TPSA) is 21.1 Å². The Hall–Kier alpha value is -1.91. The Labute approximate surface area is 123 Å². The molecule has 1 aromatic heterocycles. The lowest BCUT2D eigenvalue weighted by Gasteiger charge is -2.29. The lowest BCUT2D eigenvalue weighted by Crippen LogP contribution is -2.25. The number of hydrogen-bond donors (Lipinski definition) is 0. The number of rotatable bonds is 2. The fraction of sp³-hybridized carbons (Fsp3) is 0.438. The summed E-state index contributed by atoms with van der Waals surface area (Å²) >= 11 is 0. The van der Waals surface area contributed by atoms with Gasteiger partial charge in [-0.3, -0.25) is 4.68 Å². The van der Waals surface area contributed by atoms with E-state index in [1.54, 1.807) is 16.9 Å². The van der Waals surface area contributed by atoms with E-state index in [2.05, 4.69) is 10.00 Å². The van der Waals surface area contributed by atoms with E-state index >= 15 is 0 Å². The predicted molar refractivity (Wildman–Crippen MR) is 79.9 cm³/mol. The average molecular weight is 291 g/mol. The summed E-state index contributed by atoms with van der Waals surface area (Å²) in [5.41, 5.74) is 4.49. The van der Waals surface area contributed by atoms with Crippen LogP contribution in [0.5, 0.6) is 0 Å². The average Bonchev–Trinajstić information content (AvgIpc) is 2.78. The maximum atomic E-state index is 13.5. The monoisotopic (exact) mass is 291 g/mol. The summed E-state index contributed by atoms with van der Waals surface area (Å²) in [4.78, 5) is 2.06. The first-order valence-corrected chi connectivity index (χ1v) is 7.14. The van der Waals surface area contributed by atoms with Gasteiger partial charge in [0.1, 0.15) is 0 Å². The number of benzene rings is 1. The summed E-state index contributed by atoms with van der Waals surface area (Å²) in [6.45, 7) is 2.82. The molecule has 0 atom stereocenters. The molecule has 3 rings (SSSR count). The van der Waals surface area contributed by atoms with Crippen LogP contribution in [0.2, 0.25) is 0 Å². The molecule has 0 aliphatic carbocycles. The Balaban J connectivity index is 2.22. The number of aromatic nitrogens is 2. The van der Waals surface area contributed by atoms with Crippen molar-refractivity contribution in [2.24, 2.45) is 7.05 Å². The molecule has 0 N–H and O–H groups in total. The SMILES string of the molecule is Cc1c(-c2cc3c(cc2C(F)F)N(C)CCC3)cnn1C. The summed E-state index contributed by atoms with van der Waals surface area (Å²) in [6.07, 6.45) is 1.19. The standard InChI is InChI=1S/C16H19F2N3/c1-10-14(9-19-21(10)3)12-7-11-5-4-6-20(2)15(11)8-13(12)16(17)18/h7-9,16H,4-6H2,1-3H3. The lowest BCUT2D eigenvalue weighted by molar-refractivity contribution is 0.152. The van der Waals surface area contributed by atoms with Crippen molar-refractivity contribution in [1.29, 1.82) is 0 Å². The third-order valence-electron chi connectivity index (χ3n) is 4.36. The van der Waals surface area contributed by atoms with Gasteiger partial charge in [-0.25, -0.2) is 8.78 Å². The number of nitrogens with zero attached hydrogens (tertiary/aromatic N) is 3. The van der Waals surface area contributed by atoms with Crippen LogP contribution < -0.4 is 4.90 Å². The Kier molecular flexibility index (Phi) is 3.43. The van der Waals surface area contributed by atoms with E-state index in [-0.39, 0.29) is 5.56 Å². The Morgan fingerprint density at radius 2 is 1.95 bits per heavy atom. The van der Waals surface area contributed by atoms with Crippen molar-refractivity contribution in [1.82, 2.24) is 9.78 Å². The quantitative estimate of drug-likeness (QED) is 0.841. The zero-order valence-corrected chi connectivity index (χ0v) is 12.5. The van der Waals surface area contributed by atoms with Crippen LogP contribution in [0.1, 0.15) is 29.7 Å². The van der Waals surface area contributed by atoms with Gasteiger partial charge in [-0.2, -0.15) is 5.10 Å². The van der Waals surface area contributed by atoms with E-state index < -0.39 is 6.43 Å². The van der Waals surface area contributed by atoms with E-state index in [9.17, 15) is 8.78 Å². The predicted octanol–water partition coefficient (Wildman–Crippen LogP) is 3.72. The van der Waals surface area contributed by atoms with Crippen molar-refractivity contribution in [2.45, 2.75) is 26.2 Å². The lowest BCUT2D eigenvalue weighted by atomic mass is 9.92. The van der Waals surface area contributed by atoms with E-state index in [0.29, 0.717) is 5.56 Å². The summed E-state index contributed by atoms with van der Waals surface area (Å²) in [7, 11) is 3.79. The van der Waals surface area contributed by atoms with Crippen molar-refractivity contribution < 1.29 is 8.78 Å². The molecule has 112 valence electrons. The van der Waals surface area contributed by atoms with E-state index in [1.165, 1.54) is 0 Å². The van der Waals surface area contributed by atoms with Crippen LogP contribution >= 0.6 is 0 Å². The van der Waals surface area contributed by atoms with Gasteiger partial charge in [0, 0.05) is 43.1 Å². The number of aryl methyl sites for hydroxylation is 2. The second-order valence-corrected chi connectivity index (χ2v) is 5.66. The molecular formula is C16H19F2N3. The Bertz CT molecular complexity index is 676. The van der Waals surface area contributed by atoms with Crippen LogP contribution in [0.4, 0.5) is 14.5 Å². The van der Waals surface area contributed by atoms with Gasteiger partial charge in [0.15, 0.2) is 0 Å². The highest BCUT2D eigenvalue weighted by atomic mass is 19.3. The smallest absolute Gasteiger partial charge is 0.264 e. The van der Waals surface area contributed by atoms with Gasteiger partial charge in [-0.15, -0.1) is 0 Å². The first-order valence-electron chi connectivity index (χ1n) is 7.14. The Morgan fingerprint density at radius 1 is 1.19 bits per heavy atom. The molecule has 0 spiro atoms. The maximum absolute atomic E-state index is 13.5. The normalized spacial score (nSPS) is 14.7. The molecule has 5 heteroatoms. The molecule has 2 heterocycles. The van der Waals surface area contributed by atoms with Crippen LogP contribution in [0, 0.1) is 6.92 Å². The third-order valence-corrected chi connectivity index (χ3v) is 4.36. The number of hydrogen-bond acceptors (Lipinski definition) is 2. The molecule has 0 saturated carbocycles. The maximum Gasteiger partial charge on any atom is 0.264 e. The first-order chi connectivity index (χ1) is 9.99. The highest BCUT2D eigenvalue weighted by Gasteiger charge is 2.23. The van der Waals surface area contributed by atoms with Crippen LogP contribution in [-0.2, 0) is 13.5 Å². The summed E-state index contributed by atoms with van der Waals surface area (Å²) in [5, 5.41) is 4.18. The van der Waals surface area contributed by atoms with Gasteiger partial charge in [-0.05, 0) is 43.0 Å². The molecule has 1 aromatic carbocycles. The van der Waals surface area contributed by atoms with E-state index in [4.69, 9.17) is 0 Å². The van der Waals surface area contributed by atoms with Crippen LogP contribution in [0.15, 0.2) is 18.3 Å². The van der Waals surface area contributed by atoms with Crippen molar-refractivity contribution in [3.8, 4) is 11.1 Å². The molecular weight excluding hydrogens is 272 g/mol. The third kappa shape index (κ3) is 2.30. The zero-order valence-electron chi connectivity index (χ0n) is 12.5. The molecule has 1 aliphatic heterocycles. The summed E-state index contributed by atoms with van der Waals surface area (Å²) < 4.78 is 28.7. The largest absolute Gasteiger partial charge is 0.374 e. The highest BCUT2D eigenvalue weighted by molar-refractivity contribution is 5.75. The minimum atomic E-state index is -2.49. The molecule has 21 heavy (non-hydrogen) atoms. The summed E-state index contributed by atoms with van der Waals surface area (Å²) in [5.74, 6) is 0. The van der Waals surface area contributed by atoms with Gasteiger partial charge in [0.25, 0.3) is 6.43 Å². The molecule has 0 saturated heterocycles. The molecule has 0 amide bonds. The van der Waals surface area contributed by atoms with E-state index in [1.807, 2.05) is 27.1 Å². The molecule has 0 fully saturated rings. The fourth-order valence-corrected chi connectivity index (χ4v) is 3.01. The van der Waals surface area contributed by atoms with Gasteiger partial charge < -0.3 is 4.90 Å². The molecule has 1 aliphatic rings. The number of alkyl halides is 2. The minimum absolute atomic E-state index is 0.0959. The molecule has 0 radical (unpaired) electrons. The molecule has 0 unspecified atom stereocenters. The fourth-order valence-electron chi connectivity index (χ4n) is 3.01. The van der Waals surface area contributed by atoms with Crippen molar-refractivity contribution in [3.05, 3.63) is 35.2 Å². The number of halogens is 2. The Morgan fingerprint density at radius 3 is 2.57 bits per heavy atom. The number of fused-ring (bicyclic) bond motifs is 1. The van der Waals surface area contributed by atoms with Gasteiger partial charge >= 0.3 is 0 Å². The second-order valence-electron chi connectivity index (χ2n) is 5.66. The molecule has 0 bridgehead atoms. The van der Waals surface area contributed by atoms with Crippen LogP contribution in [0.3, 0.4) is 0 Å². The highest BCUT2D eigenvalue weighted by Crippen LogP contribution is 2.39. The van der Waals surface area contributed by atoms with Crippen molar-refractivity contribution in [2.75, 3.05) is 18.5 Å². The summed E-state index contributed by atoms with van der Waals surface area (Å²) in [6, 6.07) is 3.58.